The van der Waals surface area contributed by atoms with Crippen molar-refractivity contribution in [3.05, 3.63) is 0 Å². The van der Waals surface area contributed by atoms with E-state index >= 15 is 0 Å². The molecule has 0 atom stereocenters. The van der Waals surface area contributed by atoms with Crippen molar-refractivity contribution < 1.29 is 4.79 Å². The van der Waals surface area contributed by atoms with Crippen LogP contribution in [0.2, 0.25) is 0 Å². The van der Waals surface area contributed by atoms with Gasteiger partial charge in [-0.25, -0.2) is 0 Å². The molecule has 0 bridgehead atoms. The van der Waals surface area contributed by atoms with Gasteiger partial charge in [-0.05, 0) is 50.4 Å². The van der Waals surface area contributed by atoms with Crippen LogP contribution in [-0.2, 0) is 0 Å². The number of likely N-dealkylation sites (tertiary alicyclic amines) is 1. The topological polar surface area (TPSA) is 23.6 Å². The lowest BCUT2D eigenvalue weighted by atomic mass is 9.91. The first-order chi connectivity index (χ1) is 8.81. The summed E-state index contributed by atoms with van der Waals surface area (Å²) in [4.78, 5) is 16.0. The van der Waals surface area contributed by atoms with Crippen LogP contribution in [0.15, 0.2) is 0 Å². The van der Waals surface area contributed by atoms with Crippen LogP contribution in [0.5, 0.6) is 0 Å². The Morgan fingerprint density at radius 2 is 1.89 bits per heavy atom. The van der Waals surface area contributed by atoms with E-state index in [2.05, 4.69) is 32.7 Å². The number of thioether (sulfide) groups is 1. The van der Waals surface area contributed by atoms with Crippen molar-refractivity contribution in [3.63, 3.8) is 0 Å². The lowest BCUT2D eigenvalue weighted by molar-refractivity contribution is 0.164. The molecule has 1 amide bonds. The molecule has 0 saturated carbocycles. The highest BCUT2D eigenvalue weighted by molar-refractivity contribution is 8.12. The smallest absolute Gasteiger partial charge is 0.281 e. The number of hydrogen-bond donors (Lipinski definition) is 0. The van der Waals surface area contributed by atoms with Crippen molar-refractivity contribution in [2.75, 3.05) is 39.5 Å². The second kappa shape index (κ2) is 7.53. The molecule has 1 fully saturated rings. The second-order valence-electron chi connectivity index (χ2n) is 6.97. The Morgan fingerprint density at radius 3 is 2.37 bits per heavy atom. The predicted octanol–water partition coefficient (Wildman–Crippen LogP) is 3.55. The molecule has 3 nitrogen and oxygen atoms in total. The number of hydrogen-bond acceptors (Lipinski definition) is 3. The Labute approximate surface area is 123 Å². The fraction of sp³-hybridized carbons (Fsp3) is 0.933. The van der Waals surface area contributed by atoms with E-state index in [4.69, 9.17) is 0 Å². The SMILES string of the molecule is CSC(=O)N1CCC(CN(C)CCC(C)(C)C)CC1. The second-order valence-corrected chi connectivity index (χ2v) is 7.73. The third-order valence-electron chi connectivity index (χ3n) is 3.86. The Hall–Kier alpha value is -0.220. The van der Waals surface area contributed by atoms with Crippen molar-refractivity contribution in [2.24, 2.45) is 11.3 Å². The summed E-state index contributed by atoms with van der Waals surface area (Å²) in [5, 5.41) is 0.236. The fourth-order valence-electron chi connectivity index (χ4n) is 2.49. The van der Waals surface area contributed by atoms with Gasteiger partial charge >= 0.3 is 0 Å². The molecular weight excluding hydrogens is 256 g/mol. The maximum Gasteiger partial charge on any atom is 0.281 e. The van der Waals surface area contributed by atoms with E-state index in [1.165, 1.54) is 31.3 Å². The Balaban J connectivity index is 2.23. The zero-order chi connectivity index (χ0) is 14.5. The van der Waals surface area contributed by atoms with Crippen LogP contribution in [0.25, 0.3) is 0 Å². The van der Waals surface area contributed by atoms with E-state index in [1.807, 2.05) is 11.2 Å². The summed E-state index contributed by atoms with van der Waals surface area (Å²) >= 11 is 1.33. The molecule has 0 aromatic carbocycles. The first kappa shape index (κ1) is 16.8. The van der Waals surface area contributed by atoms with Gasteiger partial charge in [0.25, 0.3) is 5.24 Å². The standard InChI is InChI=1S/C15H30N2OS/c1-15(2,3)8-11-16(4)12-13-6-9-17(10-7-13)14(18)19-5/h13H,6-12H2,1-5H3. The van der Waals surface area contributed by atoms with Crippen LogP contribution in [0.3, 0.4) is 0 Å². The van der Waals surface area contributed by atoms with E-state index in [9.17, 15) is 4.79 Å². The van der Waals surface area contributed by atoms with Crippen LogP contribution in [0, 0.1) is 11.3 Å². The Bertz CT molecular complexity index is 280. The minimum absolute atomic E-state index is 0.236. The molecule has 0 unspecified atom stereocenters. The van der Waals surface area contributed by atoms with E-state index in [-0.39, 0.29) is 5.24 Å². The molecule has 19 heavy (non-hydrogen) atoms. The largest absolute Gasteiger partial charge is 0.334 e. The summed E-state index contributed by atoms with van der Waals surface area (Å²) in [6.45, 7) is 11.1. The lowest BCUT2D eigenvalue weighted by Gasteiger charge is -2.34. The molecule has 1 saturated heterocycles. The van der Waals surface area contributed by atoms with Gasteiger partial charge in [0.05, 0.1) is 0 Å². The van der Waals surface area contributed by atoms with E-state index in [1.54, 1.807) is 0 Å². The monoisotopic (exact) mass is 286 g/mol. The van der Waals surface area contributed by atoms with Crippen molar-refractivity contribution in [1.29, 1.82) is 0 Å². The first-order valence-corrected chi connectivity index (χ1v) is 8.56. The van der Waals surface area contributed by atoms with Crippen LogP contribution in [0.4, 0.5) is 4.79 Å². The molecule has 1 rings (SSSR count). The van der Waals surface area contributed by atoms with Gasteiger partial charge in [-0.15, -0.1) is 0 Å². The number of rotatable bonds is 4. The maximum absolute atomic E-state index is 11.6. The average molecular weight is 286 g/mol. The van der Waals surface area contributed by atoms with Gasteiger partial charge in [0.1, 0.15) is 0 Å². The van der Waals surface area contributed by atoms with Gasteiger partial charge < -0.3 is 9.80 Å². The number of carbonyl (C=O) groups excluding carboxylic acids is 1. The molecule has 0 aromatic rings. The van der Waals surface area contributed by atoms with Crippen LogP contribution in [0.1, 0.15) is 40.0 Å². The normalized spacial score (nSPS) is 18.1. The zero-order valence-electron chi connectivity index (χ0n) is 13.2. The molecule has 0 aliphatic carbocycles. The predicted molar refractivity (Wildman–Crippen MR) is 84.8 cm³/mol. The van der Waals surface area contributed by atoms with Gasteiger partial charge in [-0.1, -0.05) is 32.5 Å². The zero-order valence-corrected chi connectivity index (χ0v) is 14.1. The number of piperidine rings is 1. The summed E-state index contributed by atoms with van der Waals surface area (Å²) in [6, 6.07) is 0. The highest BCUT2D eigenvalue weighted by atomic mass is 32.2. The van der Waals surface area contributed by atoms with Crippen molar-refractivity contribution >= 4 is 17.0 Å². The molecule has 112 valence electrons. The van der Waals surface area contributed by atoms with Crippen molar-refractivity contribution in [1.82, 2.24) is 9.80 Å². The van der Waals surface area contributed by atoms with Gasteiger partial charge in [0.15, 0.2) is 0 Å². The van der Waals surface area contributed by atoms with Crippen LogP contribution >= 0.6 is 11.8 Å². The molecule has 0 N–H and O–H groups in total. The van der Waals surface area contributed by atoms with Gasteiger partial charge in [-0.2, -0.15) is 0 Å². The van der Waals surface area contributed by atoms with Crippen LogP contribution < -0.4 is 0 Å². The number of nitrogens with zero attached hydrogens (tertiary/aromatic N) is 2. The molecular formula is C15H30N2OS. The van der Waals surface area contributed by atoms with Gasteiger partial charge in [-0.3, -0.25) is 4.79 Å². The Morgan fingerprint density at radius 1 is 1.32 bits per heavy atom. The van der Waals surface area contributed by atoms with Crippen LogP contribution in [-0.4, -0.2) is 54.5 Å². The summed E-state index contributed by atoms with van der Waals surface area (Å²) in [5.74, 6) is 0.760. The molecule has 4 heteroatoms. The Kier molecular flexibility index (Phi) is 6.67. The highest BCUT2D eigenvalue weighted by Gasteiger charge is 2.23. The summed E-state index contributed by atoms with van der Waals surface area (Å²) in [5.41, 5.74) is 0.419. The third-order valence-corrected chi connectivity index (χ3v) is 4.47. The molecule has 1 heterocycles. The lowest BCUT2D eigenvalue weighted by Crippen LogP contribution is -2.39. The molecule has 1 aliphatic heterocycles. The number of carbonyl (C=O) groups is 1. The molecule has 1 aliphatic rings. The van der Waals surface area contributed by atoms with Gasteiger partial charge in [0.2, 0.25) is 0 Å². The third kappa shape index (κ3) is 6.66. The summed E-state index contributed by atoms with van der Waals surface area (Å²) in [7, 11) is 2.23. The fourth-order valence-corrected chi connectivity index (χ4v) is 2.93. The van der Waals surface area contributed by atoms with Crippen molar-refractivity contribution in [3.8, 4) is 0 Å². The highest BCUT2D eigenvalue weighted by Crippen LogP contribution is 2.22. The summed E-state index contributed by atoms with van der Waals surface area (Å²) in [6.07, 6.45) is 5.43. The molecule has 0 aromatic heterocycles. The molecule has 0 spiro atoms. The quantitative estimate of drug-likeness (QED) is 0.789. The minimum atomic E-state index is 0.236. The molecule has 0 radical (unpaired) electrons. The van der Waals surface area contributed by atoms with E-state index < -0.39 is 0 Å². The van der Waals surface area contributed by atoms with Crippen molar-refractivity contribution in [2.45, 2.75) is 40.0 Å². The van der Waals surface area contributed by atoms with E-state index in [0.717, 1.165) is 31.8 Å². The van der Waals surface area contributed by atoms with E-state index in [0.29, 0.717) is 5.41 Å². The first-order valence-electron chi connectivity index (χ1n) is 7.33. The number of amides is 1. The average Bonchev–Trinajstić information content (AvgIpc) is 2.35. The minimum Gasteiger partial charge on any atom is -0.334 e. The maximum atomic E-state index is 11.6. The summed E-state index contributed by atoms with van der Waals surface area (Å²) < 4.78 is 0. The van der Waals surface area contributed by atoms with Gasteiger partial charge in [0, 0.05) is 19.6 Å².